The number of rotatable bonds is 5. The fraction of sp³-hybridized carbons (Fsp3) is 0.350. The van der Waals surface area contributed by atoms with Crippen molar-refractivity contribution in [1.82, 2.24) is 4.31 Å². The molecule has 1 aliphatic rings. The molecule has 1 saturated heterocycles. The van der Waals surface area contributed by atoms with E-state index < -0.39 is 26.6 Å². The van der Waals surface area contributed by atoms with Gasteiger partial charge in [-0.2, -0.15) is 0 Å². The number of benzene rings is 2. The molecule has 0 atom stereocenters. The Morgan fingerprint density at radius 2 is 1.68 bits per heavy atom. The van der Waals surface area contributed by atoms with Crippen molar-refractivity contribution in [2.75, 3.05) is 37.4 Å². The third-order valence-electron chi connectivity index (χ3n) is 4.80. The molecule has 0 spiro atoms. The average Bonchev–Trinajstić information content (AvgIpc) is 2.69. The Labute approximate surface area is 165 Å². The molecule has 1 aliphatic heterocycles. The lowest BCUT2D eigenvalue weighted by Gasteiger charge is -2.28. The van der Waals surface area contributed by atoms with Gasteiger partial charge in [-0.05, 0) is 61.7 Å². The van der Waals surface area contributed by atoms with Crippen molar-refractivity contribution in [3.05, 3.63) is 53.8 Å². The molecule has 8 heteroatoms. The molecule has 0 aromatic heterocycles. The number of sulfonamides is 1. The maximum Gasteiger partial charge on any atom is 0.255 e. The largest absolute Gasteiger partial charge is 0.372 e. The van der Waals surface area contributed by atoms with Gasteiger partial charge in [0.05, 0.1) is 0 Å². The topological polar surface area (TPSA) is 69.7 Å². The minimum absolute atomic E-state index is 0.0712. The number of amides is 1. The number of anilines is 2. The van der Waals surface area contributed by atoms with Gasteiger partial charge >= 0.3 is 0 Å². The lowest BCUT2D eigenvalue weighted by atomic mass is 10.1. The first-order valence-electron chi connectivity index (χ1n) is 9.17. The van der Waals surface area contributed by atoms with E-state index in [1.165, 1.54) is 39.4 Å². The predicted molar refractivity (Wildman–Crippen MR) is 108 cm³/mol. The molecule has 2 aromatic carbocycles. The Morgan fingerprint density at radius 3 is 2.29 bits per heavy atom. The number of nitrogens with zero attached hydrogens (tertiary/aromatic N) is 2. The molecule has 6 nitrogen and oxygen atoms in total. The number of hydrogen-bond donors (Lipinski definition) is 1. The van der Waals surface area contributed by atoms with E-state index in [1.54, 1.807) is 0 Å². The summed E-state index contributed by atoms with van der Waals surface area (Å²) in [4.78, 5) is 14.3. The van der Waals surface area contributed by atoms with Crippen LogP contribution in [0.25, 0.3) is 0 Å². The highest BCUT2D eigenvalue weighted by Gasteiger charge is 2.23. The highest BCUT2D eigenvalue weighted by atomic mass is 32.2. The van der Waals surface area contributed by atoms with Crippen molar-refractivity contribution in [3.63, 3.8) is 0 Å². The summed E-state index contributed by atoms with van der Waals surface area (Å²) in [6.07, 6.45) is 3.62. The third kappa shape index (κ3) is 4.34. The molecule has 1 N–H and O–H groups in total. The molecule has 3 rings (SSSR count). The molecule has 0 saturated carbocycles. The van der Waals surface area contributed by atoms with Crippen molar-refractivity contribution in [1.29, 1.82) is 0 Å². The summed E-state index contributed by atoms with van der Waals surface area (Å²) >= 11 is 0. The number of hydrogen-bond acceptors (Lipinski definition) is 4. The summed E-state index contributed by atoms with van der Waals surface area (Å²) in [5, 5.41) is 2.73. The van der Waals surface area contributed by atoms with Crippen LogP contribution in [0.3, 0.4) is 0 Å². The summed E-state index contributed by atoms with van der Waals surface area (Å²) in [7, 11) is -1.36. The Hall–Kier alpha value is -2.45. The molecule has 28 heavy (non-hydrogen) atoms. The summed E-state index contributed by atoms with van der Waals surface area (Å²) in [5.41, 5.74) is 1.77. The molecule has 150 valence electrons. The van der Waals surface area contributed by atoms with Crippen LogP contribution in [0.5, 0.6) is 0 Å². The van der Waals surface area contributed by atoms with Crippen LogP contribution in [0.4, 0.5) is 15.8 Å². The van der Waals surface area contributed by atoms with E-state index in [9.17, 15) is 17.6 Å². The molecule has 0 radical (unpaired) electrons. The Kier molecular flexibility index (Phi) is 6.00. The number of carbonyl (C=O) groups is 1. The Bertz CT molecular complexity index is 953. The van der Waals surface area contributed by atoms with E-state index >= 15 is 0 Å². The molecule has 1 fully saturated rings. The van der Waals surface area contributed by atoms with E-state index in [4.69, 9.17) is 0 Å². The number of carbonyl (C=O) groups excluding carboxylic acids is 1. The highest BCUT2D eigenvalue weighted by Crippen LogP contribution is 2.23. The van der Waals surface area contributed by atoms with Gasteiger partial charge in [0.15, 0.2) is 0 Å². The quantitative estimate of drug-likeness (QED) is 0.829. The van der Waals surface area contributed by atoms with Gasteiger partial charge in [-0.15, -0.1) is 0 Å². The number of halogens is 1. The molecule has 1 heterocycles. The zero-order valence-electron chi connectivity index (χ0n) is 16.0. The van der Waals surface area contributed by atoms with Gasteiger partial charge in [0.1, 0.15) is 10.7 Å². The molecule has 0 unspecified atom stereocenters. The van der Waals surface area contributed by atoms with Crippen molar-refractivity contribution in [2.24, 2.45) is 0 Å². The highest BCUT2D eigenvalue weighted by molar-refractivity contribution is 7.89. The zero-order chi connectivity index (χ0) is 20.3. The Morgan fingerprint density at radius 1 is 1.04 bits per heavy atom. The monoisotopic (exact) mass is 405 g/mol. The smallest absolute Gasteiger partial charge is 0.255 e. The van der Waals surface area contributed by atoms with Crippen LogP contribution in [0.15, 0.2) is 47.4 Å². The fourth-order valence-electron chi connectivity index (χ4n) is 3.15. The summed E-state index contributed by atoms with van der Waals surface area (Å²) in [5.74, 6) is -1.39. The van der Waals surface area contributed by atoms with Crippen LogP contribution in [0.1, 0.15) is 29.6 Å². The van der Waals surface area contributed by atoms with Gasteiger partial charge in [-0.25, -0.2) is 17.1 Å². The lowest BCUT2D eigenvalue weighted by molar-refractivity contribution is 0.102. The van der Waals surface area contributed by atoms with E-state index in [0.717, 1.165) is 35.2 Å². The fourth-order valence-corrected chi connectivity index (χ4v) is 4.13. The standard InChI is InChI=1S/C20H24FN3O3S/c1-23(2)28(26,27)19-14-15(6-11-18(19)21)20(25)22-16-7-9-17(10-8-16)24-12-4-3-5-13-24/h6-11,14H,3-5,12-13H2,1-2H3,(H,22,25). The maximum atomic E-state index is 14.0. The van der Waals surface area contributed by atoms with Crippen LogP contribution in [0, 0.1) is 5.82 Å². The minimum Gasteiger partial charge on any atom is -0.372 e. The SMILES string of the molecule is CN(C)S(=O)(=O)c1cc(C(=O)Nc2ccc(N3CCCCC3)cc2)ccc1F. The minimum atomic E-state index is -3.98. The van der Waals surface area contributed by atoms with E-state index in [0.29, 0.717) is 5.69 Å². The maximum absolute atomic E-state index is 14.0. The molecular weight excluding hydrogens is 381 g/mol. The van der Waals surface area contributed by atoms with Crippen molar-refractivity contribution < 1.29 is 17.6 Å². The second-order valence-electron chi connectivity index (χ2n) is 6.98. The van der Waals surface area contributed by atoms with Crippen LogP contribution in [0.2, 0.25) is 0 Å². The number of piperidine rings is 1. The summed E-state index contributed by atoms with van der Waals surface area (Å²) < 4.78 is 39.4. The van der Waals surface area contributed by atoms with Gasteiger partial charge < -0.3 is 10.2 Å². The summed E-state index contributed by atoms with van der Waals surface area (Å²) in [6, 6.07) is 10.8. The second kappa shape index (κ2) is 8.28. The van der Waals surface area contributed by atoms with Gasteiger partial charge in [0.25, 0.3) is 5.91 Å². The van der Waals surface area contributed by atoms with Crippen molar-refractivity contribution >= 4 is 27.3 Å². The third-order valence-corrected chi connectivity index (χ3v) is 6.63. The first kappa shape index (κ1) is 20.3. The van der Waals surface area contributed by atoms with Crippen LogP contribution in [-0.4, -0.2) is 45.8 Å². The molecule has 2 aromatic rings. The first-order valence-corrected chi connectivity index (χ1v) is 10.6. The van der Waals surface area contributed by atoms with E-state index in [-0.39, 0.29) is 5.56 Å². The normalized spacial score (nSPS) is 14.9. The molecular formula is C20H24FN3O3S. The molecule has 1 amide bonds. The van der Waals surface area contributed by atoms with E-state index in [1.807, 2.05) is 24.3 Å². The zero-order valence-corrected chi connectivity index (χ0v) is 16.8. The first-order chi connectivity index (χ1) is 13.3. The van der Waals surface area contributed by atoms with Crippen LogP contribution >= 0.6 is 0 Å². The predicted octanol–water partition coefficient (Wildman–Crippen LogP) is 3.32. The van der Waals surface area contributed by atoms with Gasteiger partial charge in [-0.1, -0.05) is 0 Å². The van der Waals surface area contributed by atoms with Gasteiger partial charge in [-0.3, -0.25) is 4.79 Å². The summed E-state index contributed by atoms with van der Waals surface area (Å²) in [6.45, 7) is 2.06. The van der Waals surface area contributed by atoms with Crippen molar-refractivity contribution in [3.8, 4) is 0 Å². The van der Waals surface area contributed by atoms with Gasteiger partial charge in [0, 0.05) is 44.1 Å². The van der Waals surface area contributed by atoms with Crippen LogP contribution < -0.4 is 10.2 Å². The average molecular weight is 405 g/mol. The second-order valence-corrected chi connectivity index (χ2v) is 9.10. The van der Waals surface area contributed by atoms with Crippen LogP contribution in [-0.2, 0) is 10.0 Å². The molecule has 0 aliphatic carbocycles. The number of nitrogens with one attached hydrogen (secondary N) is 1. The lowest BCUT2D eigenvalue weighted by Crippen LogP contribution is -2.29. The Balaban J connectivity index is 1.76. The molecule has 0 bridgehead atoms. The van der Waals surface area contributed by atoms with Crippen molar-refractivity contribution in [2.45, 2.75) is 24.2 Å². The van der Waals surface area contributed by atoms with E-state index in [2.05, 4.69) is 10.2 Å². The van der Waals surface area contributed by atoms with Gasteiger partial charge in [0.2, 0.25) is 10.0 Å².